The van der Waals surface area contributed by atoms with Crippen molar-refractivity contribution in [2.24, 2.45) is 0 Å². The summed E-state index contributed by atoms with van der Waals surface area (Å²) in [4.78, 5) is 17.8. The summed E-state index contributed by atoms with van der Waals surface area (Å²) in [5.41, 5.74) is 1.23. The summed E-state index contributed by atoms with van der Waals surface area (Å²) in [6.45, 7) is 3.58. The van der Waals surface area contributed by atoms with Crippen LogP contribution in [0.4, 0.5) is 0 Å². The molecule has 0 spiro atoms. The Hall–Kier alpha value is -1.42. The number of carbonyl (C=O) groups excluding carboxylic acids is 1. The van der Waals surface area contributed by atoms with Crippen molar-refractivity contribution in [3.8, 4) is 0 Å². The van der Waals surface area contributed by atoms with Crippen LogP contribution in [0.5, 0.6) is 0 Å². The van der Waals surface area contributed by atoms with E-state index in [9.17, 15) is 4.79 Å². The van der Waals surface area contributed by atoms with Crippen LogP contribution in [0.2, 0.25) is 0 Å². The second kappa shape index (κ2) is 7.11. The lowest BCUT2D eigenvalue weighted by molar-refractivity contribution is -0.130. The van der Waals surface area contributed by atoms with E-state index in [0.717, 1.165) is 32.6 Å². The normalized spacial score (nSPS) is 15.0. The molecule has 1 fully saturated rings. The van der Waals surface area contributed by atoms with Crippen molar-refractivity contribution in [1.82, 2.24) is 15.2 Å². The maximum Gasteiger partial charge on any atom is 0.223 e. The fraction of sp³-hybridized carbons (Fsp3) is 0.571. The number of rotatable bonds is 6. The fourth-order valence-electron chi connectivity index (χ4n) is 2.22. The van der Waals surface area contributed by atoms with Crippen molar-refractivity contribution < 1.29 is 4.79 Å². The number of pyridine rings is 1. The van der Waals surface area contributed by atoms with Gasteiger partial charge in [-0.15, -0.1) is 0 Å². The van der Waals surface area contributed by atoms with E-state index in [4.69, 9.17) is 0 Å². The van der Waals surface area contributed by atoms with Gasteiger partial charge in [-0.1, -0.05) is 6.07 Å². The van der Waals surface area contributed by atoms with Crippen molar-refractivity contribution in [3.05, 3.63) is 30.1 Å². The smallest absolute Gasteiger partial charge is 0.223 e. The molecule has 0 saturated carbocycles. The topological polar surface area (TPSA) is 45.2 Å². The van der Waals surface area contributed by atoms with Gasteiger partial charge < -0.3 is 10.2 Å². The van der Waals surface area contributed by atoms with E-state index < -0.39 is 0 Å². The first-order valence-electron chi connectivity index (χ1n) is 6.73. The maximum atomic E-state index is 11.8. The fourth-order valence-corrected chi connectivity index (χ4v) is 2.22. The summed E-state index contributed by atoms with van der Waals surface area (Å²) in [7, 11) is 0. The van der Waals surface area contributed by atoms with Gasteiger partial charge in [-0.25, -0.2) is 0 Å². The summed E-state index contributed by atoms with van der Waals surface area (Å²) in [5, 5.41) is 3.31. The first kappa shape index (κ1) is 13.0. The predicted octanol–water partition coefficient (Wildman–Crippen LogP) is 1.23. The third-order valence-electron chi connectivity index (χ3n) is 3.29. The third-order valence-corrected chi connectivity index (χ3v) is 3.29. The van der Waals surface area contributed by atoms with Gasteiger partial charge in [-0.2, -0.15) is 0 Å². The average molecular weight is 247 g/mol. The van der Waals surface area contributed by atoms with Crippen LogP contribution in [0.15, 0.2) is 24.5 Å². The highest BCUT2D eigenvalue weighted by molar-refractivity contribution is 5.76. The van der Waals surface area contributed by atoms with Crippen molar-refractivity contribution in [3.63, 3.8) is 0 Å². The van der Waals surface area contributed by atoms with E-state index in [1.165, 1.54) is 18.4 Å². The van der Waals surface area contributed by atoms with E-state index in [2.05, 4.69) is 16.4 Å². The van der Waals surface area contributed by atoms with Crippen LogP contribution >= 0.6 is 0 Å². The van der Waals surface area contributed by atoms with E-state index in [-0.39, 0.29) is 0 Å². The Labute approximate surface area is 108 Å². The SMILES string of the molecule is O=C(CCNCCc1cccnc1)N1CCCC1. The van der Waals surface area contributed by atoms with Crippen molar-refractivity contribution in [2.75, 3.05) is 26.2 Å². The Bertz CT molecular complexity index is 361. The zero-order chi connectivity index (χ0) is 12.6. The molecule has 1 aliphatic heterocycles. The summed E-state index contributed by atoms with van der Waals surface area (Å²) in [6, 6.07) is 4.02. The molecule has 1 N–H and O–H groups in total. The van der Waals surface area contributed by atoms with Gasteiger partial charge in [0.25, 0.3) is 0 Å². The van der Waals surface area contributed by atoms with Crippen LogP contribution < -0.4 is 5.32 Å². The average Bonchev–Trinajstić information content (AvgIpc) is 2.93. The Morgan fingerprint density at radius 2 is 2.17 bits per heavy atom. The van der Waals surface area contributed by atoms with Gasteiger partial charge in [0, 0.05) is 38.4 Å². The van der Waals surface area contributed by atoms with Crippen LogP contribution in [0, 0.1) is 0 Å². The minimum atomic E-state index is 0.293. The summed E-state index contributed by atoms with van der Waals surface area (Å²) >= 11 is 0. The maximum absolute atomic E-state index is 11.8. The molecule has 0 radical (unpaired) electrons. The largest absolute Gasteiger partial charge is 0.343 e. The molecule has 2 heterocycles. The minimum Gasteiger partial charge on any atom is -0.343 e. The van der Waals surface area contributed by atoms with Gasteiger partial charge in [0.05, 0.1) is 0 Å². The molecule has 0 aliphatic carbocycles. The summed E-state index contributed by atoms with van der Waals surface area (Å²) in [5.74, 6) is 0.293. The van der Waals surface area contributed by atoms with Crippen LogP contribution in [0.25, 0.3) is 0 Å². The lowest BCUT2D eigenvalue weighted by Gasteiger charge is -2.15. The quantitative estimate of drug-likeness (QED) is 0.769. The molecule has 4 nitrogen and oxygen atoms in total. The van der Waals surface area contributed by atoms with Gasteiger partial charge in [0.15, 0.2) is 0 Å². The number of carbonyl (C=O) groups is 1. The molecule has 1 aromatic heterocycles. The molecule has 0 unspecified atom stereocenters. The molecule has 98 valence electrons. The second-order valence-corrected chi connectivity index (χ2v) is 4.70. The Balaban J connectivity index is 1.54. The van der Waals surface area contributed by atoms with Gasteiger partial charge in [0.2, 0.25) is 5.91 Å². The van der Waals surface area contributed by atoms with E-state index >= 15 is 0 Å². The van der Waals surface area contributed by atoms with Crippen molar-refractivity contribution >= 4 is 5.91 Å². The number of likely N-dealkylation sites (tertiary alicyclic amines) is 1. The first-order valence-corrected chi connectivity index (χ1v) is 6.73. The Morgan fingerprint density at radius 3 is 2.89 bits per heavy atom. The van der Waals surface area contributed by atoms with E-state index in [1.54, 1.807) is 6.20 Å². The number of amides is 1. The molecule has 0 atom stereocenters. The molecular formula is C14H21N3O. The second-order valence-electron chi connectivity index (χ2n) is 4.70. The number of hydrogen-bond acceptors (Lipinski definition) is 3. The molecule has 1 aliphatic rings. The number of aromatic nitrogens is 1. The zero-order valence-corrected chi connectivity index (χ0v) is 10.8. The van der Waals surface area contributed by atoms with Crippen LogP contribution in [0.3, 0.4) is 0 Å². The standard InChI is InChI=1S/C14H21N3O/c18-14(17-10-1-2-11-17)6-9-15-8-5-13-4-3-7-16-12-13/h3-4,7,12,15H,1-2,5-6,8-11H2. The summed E-state index contributed by atoms with van der Waals surface area (Å²) in [6.07, 6.45) is 7.59. The lowest BCUT2D eigenvalue weighted by atomic mass is 10.2. The highest BCUT2D eigenvalue weighted by Gasteiger charge is 2.16. The van der Waals surface area contributed by atoms with Crippen molar-refractivity contribution in [1.29, 1.82) is 0 Å². The van der Waals surface area contributed by atoms with E-state index in [0.29, 0.717) is 12.3 Å². The molecule has 4 heteroatoms. The Kier molecular flexibility index (Phi) is 5.15. The van der Waals surface area contributed by atoms with E-state index in [1.807, 2.05) is 17.2 Å². The molecule has 1 amide bonds. The van der Waals surface area contributed by atoms with Crippen LogP contribution in [-0.2, 0) is 11.2 Å². The molecule has 18 heavy (non-hydrogen) atoms. The first-order chi connectivity index (χ1) is 8.86. The van der Waals surface area contributed by atoms with Gasteiger partial charge in [-0.05, 0) is 37.4 Å². The number of nitrogens with one attached hydrogen (secondary N) is 1. The summed E-state index contributed by atoms with van der Waals surface area (Å²) < 4.78 is 0. The number of nitrogens with zero attached hydrogens (tertiary/aromatic N) is 2. The van der Waals surface area contributed by atoms with Gasteiger partial charge >= 0.3 is 0 Å². The molecule has 0 aromatic carbocycles. The van der Waals surface area contributed by atoms with Crippen molar-refractivity contribution in [2.45, 2.75) is 25.7 Å². The highest BCUT2D eigenvalue weighted by atomic mass is 16.2. The number of hydrogen-bond donors (Lipinski definition) is 1. The van der Waals surface area contributed by atoms with Crippen LogP contribution in [0.1, 0.15) is 24.8 Å². The lowest BCUT2D eigenvalue weighted by Crippen LogP contribution is -2.31. The van der Waals surface area contributed by atoms with Gasteiger partial charge in [-0.3, -0.25) is 9.78 Å². The molecule has 1 saturated heterocycles. The Morgan fingerprint density at radius 1 is 1.33 bits per heavy atom. The molecule has 1 aromatic rings. The monoisotopic (exact) mass is 247 g/mol. The zero-order valence-electron chi connectivity index (χ0n) is 10.8. The molecular weight excluding hydrogens is 226 g/mol. The van der Waals surface area contributed by atoms with Crippen LogP contribution in [-0.4, -0.2) is 42.0 Å². The molecule has 2 rings (SSSR count). The minimum absolute atomic E-state index is 0.293. The van der Waals surface area contributed by atoms with Gasteiger partial charge in [0.1, 0.15) is 0 Å². The molecule has 0 bridgehead atoms. The third kappa shape index (κ3) is 4.11. The highest BCUT2D eigenvalue weighted by Crippen LogP contribution is 2.08. The predicted molar refractivity (Wildman–Crippen MR) is 71.2 cm³/mol.